The molecule has 3 rings (SSSR count). The molecule has 0 amide bonds. The lowest BCUT2D eigenvalue weighted by Crippen LogP contribution is -2.23. The molecule has 1 unspecified atom stereocenters. The van der Waals surface area contributed by atoms with Crippen LogP contribution in [-0.2, 0) is 6.42 Å². The van der Waals surface area contributed by atoms with Crippen LogP contribution in [0.4, 0.5) is 0 Å². The van der Waals surface area contributed by atoms with Gasteiger partial charge < -0.3 is 14.6 Å². The van der Waals surface area contributed by atoms with Crippen LogP contribution >= 0.6 is 0 Å². The molecule has 0 radical (unpaired) electrons. The molecule has 0 saturated heterocycles. The molecule has 1 aliphatic rings. The molecule has 0 saturated carbocycles. The van der Waals surface area contributed by atoms with E-state index in [0.717, 1.165) is 35.6 Å². The van der Waals surface area contributed by atoms with E-state index >= 15 is 0 Å². The minimum absolute atomic E-state index is 0.0244. The van der Waals surface area contributed by atoms with E-state index in [1.54, 1.807) is 14.2 Å². The number of hydrogen-bond acceptors (Lipinski definition) is 4. The summed E-state index contributed by atoms with van der Waals surface area (Å²) in [4.78, 5) is 4.71. The van der Waals surface area contributed by atoms with Crippen LogP contribution in [0.2, 0.25) is 0 Å². The Morgan fingerprint density at radius 2 is 1.78 bits per heavy atom. The Balaban J connectivity index is 2.07. The fourth-order valence-electron chi connectivity index (χ4n) is 3.08. The highest BCUT2D eigenvalue weighted by molar-refractivity contribution is 6.07. The van der Waals surface area contributed by atoms with Crippen LogP contribution in [0, 0.1) is 0 Å². The number of aliphatic hydroxyl groups is 1. The van der Waals surface area contributed by atoms with E-state index in [9.17, 15) is 5.11 Å². The summed E-state index contributed by atoms with van der Waals surface area (Å²) in [6, 6.07) is 14.0. The van der Waals surface area contributed by atoms with Crippen molar-refractivity contribution in [2.24, 2.45) is 4.99 Å². The smallest absolute Gasteiger partial charge is 0.161 e. The zero-order valence-corrected chi connectivity index (χ0v) is 13.5. The van der Waals surface area contributed by atoms with Crippen molar-refractivity contribution in [1.82, 2.24) is 0 Å². The van der Waals surface area contributed by atoms with Gasteiger partial charge in [0.2, 0.25) is 0 Å². The highest BCUT2D eigenvalue weighted by Gasteiger charge is 2.25. The van der Waals surface area contributed by atoms with Gasteiger partial charge in [0.25, 0.3) is 0 Å². The molecule has 4 nitrogen and oxygen atoms in total. The largest absolute Gasteiger partial charge is 0.493 e. The first-order valence-corrected chi connectivity index (χ1v) is 7.74. The van der Waals surface area contributed by atoms with Gasteiger partial charge in [0.15, 0.2) is 11.5 Å². The van der Waals surface area contributed by atoms with Crippen LogP contribution in [0.15, 0.2) is 47.5 Å². The summed E-state index contributed by atoms with van der Waals surface area (Å²) < 4.78 is 10.8. The predicted molar refractivity (Wildman–Crippen MR) is 90.9 cm³/mol. The lowest BCUT2D eigenvalue weighted by atomic mass is 9.86. The number of nitrogens with zero attached hydrogens (tertiary/aromatic N) is 1. The second-order valence-corrected chi connectivity index (χ2v) is 5.53. The van der Waals surface area contributed by atoms with Gasteiger partial charge in [-0.3, -0.25) is 4.99 Å². The number of ether oxygens (including phenoxy) is 2. The molecule has 23 heavy (non-hydrogen) atoms. The number of benzene rings is 2. The van der Waals surface area contributed by atoms with Crippen molar-refractivity contribution in [3.05, 3.63) is 59.2 Å². The number of rotatable bonds is 5. The lowest BCUT2D eigenvalue weighted by Gasteiger charge is -2.25. The molecule has 0 aliphatic carbocycles. The van der Waals surface area contributed by atoms with Crippen molar-refractivity contribution in [3.63, 3.8) is 0 Å². The molecule has 2 aromatic rings. The fraction of sp³-hybridized carbons (Fsp3) is 0.316. The van der Waals surface area contributed by atoms with Crippen molar-refractivity contribution in [2.75, 3.05) is 27.4 Å². The molecule has 1 N–H and O–H groups in total. The second kappa shape index (κ2) is 6.84. The number of aliphatic imine (C=N–C) groups is 1. The van der Waals surface area contributed by atoms with E-state index in [1.165, 1.54) is 5.56 Å². The first kappa shape index (κ1) is 15.6. The fourth-order valence-corrected chi connectivity index (χ4v) is 3.08. The summed E-state index contributed by atoms with van der Waals surface area (Å²) in [5, 5.41) is 9.95. The van der Waals surface area contributed by atoms with Gasteiger partial charge in [0, 0.05) is 18.0 Å². The topological polar surface area (TPSA) is 51.0 Å². The van der Waals surface area contributed by atoms with Crippen molar-refractivity contribution < 1.29 is 14.6 Å². The molecule has 0 bridgehead atoms. The highest BCUT2D eigenvalue weighted by atomic mass is 16.5. The Kier molecular flexibility index (Phi) is 4.63. The molecule has 0 aromatic heterocycles. The first-order chi connectivity index (χ1) is 11.3. The van der Waals surface area contributed by atoms with E-state index in [0.29, 0.717) is 5.75 Å². The van der Waals surface area contributed by atoms with Gasteiger partial charge in [0.1, 0.15) is 0 Å². The average Bonchev–Trinajstić information content (AvgIpc) is 2.62. The second-order valence-electron chi connectivity index (χ2n) is 5.53. The number of fused-ring (bicyclic) bond motifs is 1. The Labute approximate surface area is 136 Å². The molecule has 0 spiro atoms. The summed E-state index contributed by atoms with van der Waals surface area (Å²) in [7, 11) is 3.27. The van der Waals surface area contributed by atoms with Crippen LogP contribution < -0.4 is 9.47 Å². The van der Waals surface area contributed by atoms with Crippen LogP contribution in [0.25, 0.3) is 0 Å². The molecule has 120 valence electrons. The van der Waals surface area contributed by atoms with Crippen LogP contribution in [-0.4, -0.2) is 38.2 Å². The molecular formula is C19H21NO3. The third kappa shape index (κ3) is 2.94. The maximum Gasteiger partial charge on any atom is 0.161 e. The normalized spacial score (nSPS) is 14.7. The van der Waals surface area contributed by atoms with Crippen molar-refractivity contribution in [1.29, 1.82) is 0 Å². The summed E-state index contributed by atoms with van der Waals surface area (Å²) in [6.45, 7) is 0.748. The van der Waals surface area contributed by atoms with Crippen molar-refractivity contribution in [2.45, 2.75) is 12.3 Å². The zero-order chi connectivity index (χ0) is 16.2. The van der Waals surface area contributed by atoms with E-state index in [1.807, 2.05) is 42.5 Å². The maximum absolute atomic E-state index is 9.95. The highest BCUT2D eigenvalue weighted by Crippen LogP contribution is 2.35. The summed E-state index contributed by atoms with van der Waals surface area (Å²) in [5.74, 6) is 1.28. The van der Waals surface area contributed by atoms with Crippen LogP contribution in [0.5, 0.6) is 11.5 Å². The predicted octanol–water partition coefficient (Wildman–Crippen LogP) is 2.83. The molecule has 1 atom stereocenters. The monoisotopic (exact) mass is 311 g/mol. The Bertz CT molecular complexity index is 710. The third-order valence-corrected chi connectivity index (χ3v) is 4.26. The Hall–Kier alpha value is -2.33. The summed E-state index contributed by atoms with van der Waals surface area (Å²) in [5.41, 5.74) is 4.20. The SMILES string of the molecule is COc1cc2c(cc1OC)C(C(CO)c1ccccc1)=NCC2. The van der Waals surface area contributed by atoms with Gasteiger partial charge in [0.05, 0.1) is 26.5 Å². The molecule has 1 aliphatic heterocycles. The number of hydrogen-bond donors (Lipinski definition) is 1. The molecule has 2 aromatic carbocycles. The summed E-state index contributed by atoms with van der Waals surface area (Å²) >= 11 is 0. The van der Waals surface area contributed by atoms with E-state index in [-0.39, 0.29) is 12.5 Å². The van der Waals surface area contributed by atoms with Gasteiger partial charge in [-0.2, -0.15) is 0 Å². The van der Waals surface area contributed by atoms with Crippen molar-refractivity contribution >= 4 is 5.71 Å². The minimum Gasteiger partial charge on any atom is -0.493 e. The van der Waals surface area contributed by atoms with E-state index in [2.05, 4.69) is 0 Å². The van der Waals surface area contributed by atoms with Crippen LogP contribution in [0.1, 0.15) is 22.6 Å². The average molecular weight is 311 g/mol. The molecular weight excluding hydrogens is 290 g/mol. The van der Waals surface area contributed by atoms with Crippen LogP contribution in [0.3, 0.4) is 0 Å². The first-order valence-electron chi connectivity index (χ1n) is 7.74. The van der Waals surface area contributed by atoms with E-state index in [4.69, 9.17) is 14.5 Å². The standard InChI is InChI=1S/C19H21NO3/c1-22-17-10-14-8-9-20-19(15(14)11-18(17)23-2)16(12-21)13-6-4-3-5-7-13/h3-7,10-11,16,21H,8-9,12H2,1-2H3. The van der Waals surface area contributed by atoms with Gasteiger partial charge in [-0.25, -0.2) is 0 Å². The zero-order valence-electron chi connectivity index (χ0n) is 13.5. The number of methoxy groups -OCH3 is 2. The Morgan fingerprint density at radius 3 is 2.43 bits per heavy atom. The number of aliphatic hydroxyl groups excluding tert-OH is 1. The van der Waals surface area contributed by atoms with Gasteiger partial charge in [-0.15, -0.1) is 0 Å². The van der Waals surface area contributed by atoms with Gasteiger partial charge >= 0.3 is 0 Å². The lowest BCUT2D eigenvalue weighted by molar-refractivity contribution is 0.289. The Morgan fingerprint density at radius 1 is 1.09 bits per heavy atom. The summed E-state index contributed by atoms with van der Waals surface area (Å²) in [6.07, 6.45) is 0.867. The van der Waals surface area contributed by atoms with Gasteiger partial charge in [-0.05, 0) is 29.7 Å². The quantitative estimate of drug-likeness (QED) is 0.924. The molecule has 1 heterocycles. The minimum atomic E-state index is -0.131. The van der Waals surface area contributed by atoms with E-state index < -0.39 is 0 Å². The van der Waals surface area contributed by atoms with Gasteiger partial charge in [-0.1, -0.05) is 30.3 Å². The molecule has 0 fully saturated rings. The third-order valence-electron chi connectivity index (χ3n) is 4.26. The molecule has 4 heteroatoms. The maximum atomic E-state index is 9.95. The van der Waals surface area contributed by atoms with Crippen molar-refractivity contribution in [3.8, 4) is 11.5 Å².